The topological polar surface area (TPSA) is 132 Å². The highest BCUT2D eigenvalue weighted by Crippen LogP contribution is 2.32. The molecule has 0 saturated carbocycles. The van der Waals surface area contributed by atoms with E-state index in [9.17, 15) is 9.70 Å². The summed E-state index contributed by atoms with van der Waals surface area (Å²) < 4.78 is 6.99. The SMILES string of the molecule is CCC[C@@H](C)Oc1ccc(C(NC(=O)c2cnc(-c3cccnn3)nc2N=O)c2nc3ccccc3s2)cc1. The van der Waals surface area contributed by atoms with Gasteiger partial charge in [-0.2, -0.15) is 5.10 Å². The van der Waals surface area contributed by atoms with Gasteiger partial charge in [-0.05, 0) is 60.5 Å². The number of hydrogen-bond donors (Lipinski definition) is 1. The van der Waals surface area contributed by atoms with E-state index in [4.69, 9.17) is 9.72 Å². The first kappa shape index (κ1) is 26.0. The van der Waals surface area contributed by atoms with E-state index in [1.165, 1.54) is 23.7 Å². The second-order valence-corrected chi connectivity index (χ2v) is 9.91. The number of benzene rings is 2. The Labute approximate surface area is 228 Å². The molecule has 5 aromatic rings. The number of amides is 1. The molecule has 0 spiro atoms. The van der Waals surface area contributed by atoms with Crippen molar-refractivity contribution in [2.24, 2.45) is 5.18 Å². The first-order chi connectivity index (χ1) is 19.1. The molecule has 0 saturated heterocycles. The molecule has 0 radical (unpaired) electrons. The van der Waals surface area contributed by atoms with Crippen molar-refractivity contribution in [1.29, 1.82) is 0 Å². The number of nitrogens with zero attached hydrogens (tertiary/aromatic N) is 6. The Hall–Kier alpha value is -4.64. The van der Waals surface area contributed by atoms with Crippen LogP contribution in [0.1, 0.15) is 53.7 Å². The van der Waals surface area contributed by atoms with Gasteiger partial charge in [-0.3, -0.25) is 4.79 Å². The molecule has 1 amide bonds. The summed E-state index contributed by atoms with van der Waals surface area (Å²) in [6.45, 7) is 4.16. The van der Waals surface area contributed by atoms with E-state index in [2.05, 4.69) is 37.6 Å². The van der Waals surface area contributed by atoms with Crippen LogP contribution in [0.25, 0.3) is 21.7 Å². The molecule has 0 aliphatic carbocycles. The van der Waals surface area contributed by atoms with Crippen LogP contribution >= 0.6 is 11.3 Å². The largest absolute Gasteiger partial charge is 0.491 e. The molecule has 1 unspecified atom stereocenters. The maximum atomic E-state index is 13.5. The Morgan fingerprint density at radius 3 is 2.62 bits per heavy atom. The monoisotopic (exact) mass is 539 g/mol. The van der Waals surface area contributed by atoms with E-state index < -0.39 is 11.9 Å². The van der Waals surface area contributed by atoms with Crippen molar-refractivity contribution in [2.45, 2.75) is 38.8 Å². The van der Waals surface area contributed by atoms with Crippen LogP contribution in [0.3, 0.4) is 0 Å². The van der Waals surface area contributed by atoms with Crippen LogP contribution in [-0.2, 0) is 0 Å². The van der Waals surface area contributed by atoms with Crippen LogP contribution in [0.2, 0.25) is 0 Å². The standard InChI is InChI=1S/C28H25N7O3S/c1-3-7-17(2)38-19-13-11-18(12-14-19)24(28-31-21-8-4-5-10-23(21)39-28)32-27(36)20-16-29-26(33-25(20)35-37)22-9-6-15-30-34-22/h4-6,8-17,24H,3,7H2,1-2H3,(H,32,36)/t17-,24?/m1/s1. The van der Waals surface area contributed by atoms with Crippen LogP contribution < -0.4 is 10.1 Å². The van der Waals surface area contributed by atoms with Crippen LogP contribution in [0.4, 0.5) is 5.82 Å². The van der Waals surface area contributed by atoms with Gasteiger partial charge < -0.3 is 10.1 Å². The molecule has 10 nitrogen and oxygen atoms in total. The first-order valence-electron chi connectivity index (χ1n) is 12.5. The number of nitrogens with one attached hydrogen (secondary N) is 1. The molecule has 39 heavy (non-hydrogen) atoms. The summed E-state index contributed by atoms with van der Waals surface area (Å²) in [6.07, 6.45) is 4.87. The number of hydrogen-bond acceptors (Lipinski definition) is 10. The maximum absolute atomic E-state index is 13.5. The molecule has 5 rings (SSSR count). The molecule has 196 valence electrons. The van der Waals surface area contributed by atoms with Crippen LogP contribution in [0.5, 0.6) is 5.75 Å². The molecule has 0 bridgehead atoms. The summed E-state index contributed by atoms with van der Waals surface area (Å²) in [6, 6.07) is 18.0. The van der Waals surface area contributed by atoms with Crippen molar-refractivity contribution >= 4 is 33.3 Å². The van der Waals surface area contributed by atoms with E-state index >= 15 is 0 Å². The molecule has 11 heteroatoms. The van der Waals surface area contributed by atoms with Gasteiger partial charge in [0.15, 0.2) is 5.82 Å². The highest BCUT2D eigenvalue weighted by atomic mass is 32.1. The molecule has 3 aromatic heterocycles. The van der Waals surface area contributed by atoms with Crippen molar-refractivity contribution in [1.82, 2.24) is 30.5 Å². The van der Waals surface area contributed by atoms with Crippen LogP contribution in [-0.4, -0.2) is 37.2 Å². The van der Waals surface area contributed by atoms with E-state index in [1.807, 2.05) is 55.5 Å². The van der Waals surface area contributed by atoms with Gasteiger partial charge in [-0.15, -0.1) is 21.3 Å². The Kier molecular flexibility index (Phi) is 7.88. The van der Waals surface area contributed by atoms with Crippen molar-refractivity contribution in [3.63, 3.8) is 0 Å². The summed E-state index contributed by atoms with van der Waals surface area (Å²) in [7, 11) is 0. The molecule has 2 atom stereocenters. The van der Waals surface area contributed by atoms with Gasteiger partial charge in [0.1, 0.15) is 28.1 Å². The third-order valence-corrected chi connectivity index (χ3v) is 7.08. The summed E-state index contributed by atoms with van der Waals surface area (Å²) in [5.41, 5.74) is 1.93. The Balaban J connectivity index is 1.47. The summed E-state index contributed by atoms with van der Waals surface area (Å²) in [5, 5.41) is 14.4. The average molecular weight is 540 g/mol. The second kappa shape index (κ2) is 11.8. The highest BCUT2D eigenvalue weighted by molar-refractivity contribution is 7.18. The lowest BCUT2D eigenvalue weighted by atomic mass is 10.1. The lowest BCUT2D eigenvalue weighted by Crippen LogP contribution is -2.29. The zero-order valence-electron chi connectivity index (χ0n) is 21.3. The number of fused-ring (bicyclic) bond motifs is 1. The Morgan fingerprint density at radius 2 is 1.90 bits per heavy atom. The molecule has 0 aliphatic heterocycles. The van der Waals surface area contributed by atoms with Gasteiger partial charge >= 0.3 is 0 Å². The predicted molar refractivity (Wildman–Crippen MR) is 149 cm³/mol. The third-order valence-electron chi connectivity index (χ3n) is 5.98. The molecule has 0 aliphatic rings. The number of carbonyl (C=O) groups excluding carboxylic acids is 1. The lowest BCUT2D eigenvalue weighted by Gasteiger charge is -2.19. The van der Waals surface area contributed by atoms with Crippen molar-refractivity contribution in [3.05, 3.63) is 94.1 Å². The number of nitroso groups, excluding NO2 is 1. The normalized spacial score (nSPS) is 12.6. The second-order valence-electron chi connectivity index (χ2n) is 8.84. The molecule has 3 heterocycles. The van der Waals surface area contributed by atoms with Gasteiger partial charge in [-0.25, -0.2) is 15.0 Å². The Morgan fingerprint density at radius 1 is 1.08 bits per heavy atom. The van der Waals surface area contributed by atoms with E-state index in [0.29, 0.717) is 10.7 Å². The minimum atomic E-state index is -0.601. The molecule has 1 N–H and O–H groups in total. The van der Waals surface area contributed by atoms with E-state index in [-0.39, 0.29) is 23.3 Å². The minimum Gasteiger partial charge on any atom is -0.491 e. The molecule has 2 aromatic carbocycles. The fourth-order valence-electron chi connectivity index (χ4n) is 4.09. The van der Waals surface area contributed by atoms with Gasteiger partial charge in [0.05, 0.1) is 16.3 Å². The summed E-state index contributed by atoms with van der Waals surface area (Å²) in [4.78, 5) is 38.2. The summed E-state index contributed by atoms with van der Waals surface area (Å²) in [5.74, 6) is 0.0377. The van der Waals surface area contributed by atoms with Crippen LogP contribution in [0, 0.1) is 4.91 Å². The summed E-state index contributed by atoms with van der Waals surface area (Å²) >= 11 is 1.48. The third kappa shape index (κ3) is 5.93. The van der Waals surface area contributed by atoms with Crippen molar-refractivity contribution in [3.8, 4) is 17.3 Å². The van der Waals surface area contributed by atoms with Gasteiger partial charge in [0.2, 0.25) is 5.82 Å². The van der Waals surface area contributed by atoms with Gasteiger partial charge in [0, 0.05) is 12.4 Å². The number of ether oxygens (including phenoxy) is 1. The van der Waals surface area contributed by atoms with Crippen molar-refractivity contribution < 1.29 is 9.53 Å². The molecule has 0 fully saturated rings. The number of rotatable bonds is 10. The van der Waals surface area contributed by atoms with Gasteiger partial charge in [0.25, 0.3) is 5.91 Å². The zero-order chi connectivity index (χ0) is 27.2. The fraction of sp³-hybridized carbons (Fsp3) is 0.214. The number of carbonyl (C=O) groups is 1. The Bertz CT molecular complexity index is 1560. The molecular weight excluding hydrogens is 514 g/mol. The maximum Gasteiger partial charge on any atom is 0.257 e. The number of para-hydroxylation sites is 1. The highest BCUT2D eigenvalue weighted by Gasteiger charge is 2.25. The van der Waals surface area contributed by atoms with Crippen LogP contribution in [0.15, 0.2) is 78.2 Å². The fourth-order valence-corrected chi connectivity index (χ4v) is 5.14. The molecular formula is C28H25N7O3S. The predicted octanol–water partition coefficient (Wildman–Crippen LogP) is 6.03. The zero-order valence-corrected chi connectivity index (χ0v) is 22.1. The smallest absolute Gasteiger partial charge is 0.257 e. The quantitative estimate of drug-likeness (QED) is 0.213. The lowest BCUT2D eigenvalue weighted by molar-refractivity contribution is 0.0943. The number of thiazole rings is 1. The first-order valence-corrected chi connectivity index (χ1v) is 13.3. The van der Waals surface area contributed by atoms with E-state index in [1.54, 1.807) is 12.1 Å². The van der Waals surface area contributed by atoms with Gasteiger partial charge in [-0.1, -0.05) is 37.6 Å². The van der Waals surface area contributed by atoms with Crippen molar-refractivity contribution in [2.75, 3.05) is 0 Å². The number of aromatic nitrogens is 5. The van der Waals surface area contributed by atoms with E-state index in [0.717, 1.165) is 34.4 Å². The average Bonchev–Trinajstić information content (AvgIpc) is 3.40. The minimum absolute atomic E-state index is 0.0582.